The van der Waals surface area contributed by atoms with Crippen molar-refractivity contribution in [2.75, 3.05) is 31.6 Å². The van der Waals surface area contributed by atoms with Crippen molar-refractivity contribution in [3.63, 3.8) is 0 Å². The predicted octanol–water partition coefficient (Wildman–Crippen LogP) is 4.18. The number of piperidine rings is 1. The van der Waals surface area contributed by atoms with E-state index in [4.69, 9.17) is 4.74 Å². The van der Waals surface area contributed by atoms with Crippen LogP contribution in [0.3, 0.4) is 0 Å². The van der Waals surface area contributed by atoms with Crippen molar-refractivity contribution >= 4 is 21.6 Å². The van der Waals surface area contributed by atoms with E-state index < -0.39 is 15.4 Å². The van der Waals surface area contributed by atoms with Gasteiger partial charge in [0.1, 0.15) is 5.82 Å². The van der Waals surface area contributed by atoms with Crippen LogP contribution < -0.4 is 5.32 Å². The maximum absolute atomic E-state index is 13.5. The van der Waals surface area contributed by atoms with Crippen molar-refractivity contribution in [2.24, 2.45) is 11.8 Å². The summed E-state index contributed by atoms with van der Waals surface area (Å²) in [4.78, 5) is 13.6. The number of nitrogens with zero attached hydrogens (tertiary/aromatic N) is 1. The number of halogens is 1. The van der Waals surface area contributed by atoms with E-state index in [-0.39, 0.29) is 16.6 Å². The van der Waals surface area contributed by atoms with Crippen LogP contribution in [0.1, 0.15) is 38.7 Å². The first-order valence-corrected chi connectivity index (χ1v) is 12.9. The molecule has 2 aliphatic rings. The third-order valence-corrected chi connectivity index (χ3v) is 8.61. The maximum atomic E-state index is 13.5. The molecule has 6 nitrogen and oxygen atoms in total. The van der Waals surface area contributed by atoms with Crippen molar-refractivity contribution in [1.29, 1.82) is 0 Å². The lowest BCUT2D eigenvalue weighted by Crippen LogP contribution is -2.44. The zero-order valence-electron chi connectivity index (χ0n) is 19.1. The van der Waals surface area contributed by atoms with E-state index in [0.29, 0.717) is 56.7 Å². The van der Waals surface area contributed by atoms with Crippen LogP contribution in [0.2, 0.25) is 0 Å². The summed E-state index contributed by atoms with van der Waals surface area (Å²) in [5, 5.41) is 2.94. The number of amides is 1. The zero-order valence-corrected chi connectivity index (χ0v) is 19.9. The van der Waals surface area contributed by atoms with Gasteiger partial charge in [-0.05, 0) is 73.1 Å². The largest absolute Gasteiger partial charge is 0.381 e. The number of benzene rings is 2. The SMILES string of the molecule is CC1CC(C)CN(S(=O)(=O)c2ccc(NC(=O)C3(c4ccc(F)cc4)CCOCC3)cc2)C1. The zero-order chi connectivity index (χ0) is 23.6. The number of anilines is 1. The molecule has 4 rings (SSSR count). The minimum atomic E-state index is -3.58. The lowest BCUT2D eigenvalue weighted by atomic mass is 9.73. The summed E-state index contributed by atoms with van der Waals surface area (Å²) in [6.45, 7) is 6.07. The van der Waals surface area contributed by atoms with Crippen LogP contribution in [0.25, 0.3) is 0 Å². The predicted molar refractivity (Wildman–Crippen MR) is 125 cm³/mol. The number of ether oxygens (including phenoxy) is 1. The van der Waals surface area contributed by atoms with Crippen LogP contribution in [-0.4, -0.2) is 44.9 Å². The molecular weight excluding hydrogens is 443 g/mol. The number of hydrogen-bond donors (Lipinski definition) is 1. The molecule has 2 aliphatic heterocycles. The Kier molecular flexibility index (Phi) is 6.88. The van der Waals surface area contributed by atoms with Gasteiger partial charge in [-0.3, -0.25) is 4.79 Å². The number of hydrogen-bond acceptors (Lipinski definition) is 4. The molecule has 8 heteroatoms. The molecule has 2 atom stereocenters. The van der Waals surface area contributed by atoms with Crippen LogP contribution in [0, 0.1) is 17.7 Å². The Hall–Kier alpha value is -2.29. The molecule has 0 radical (unpaired) electrons. The molecule has 2 heterocycles. The van der Waals surface area contributed by atoms with Crippen molar-refractivity contribution in [3.05, 3.63) is 59.9 Å². The molecule has 0 saturated carbocycles. The van der Waals surface area contributed by atoms with E-state index >= 15 is 0 Å². The highest BCUT2D eigenvalue weighted by Crippen LogP contribution is 2.36. The number of carbonyl (C=O) groups excluding carboxylic acids is 1. The minimum absolute atomic E-state index is 0.202. The van der Waals surface area contributed by atoms with Gasteiger partial charge in [-0.25, -0.2) is 12.8 Å². The van der Waals surface area contributed by atoms with Crippen LogP contribution >= 0.6 is 0 Å². The maximum Gasteiger partial charge on any atom is 0.243 e. The lowest BCUT2D eigenvalue weighted by molar-refractivity contribution is -0.125. The average molecular weight is 475 g/mol. The molecule has 0 aromatic heterocycles. The Morgan fingerprint density at radius 3 is 2.15 bits per heavy atom. The molecule has 2 fully saturated rings. The Labute approximate surface area is 195 Å². The van der Waals surface area contributed by atoms with Gasteiger partial charge < -0.3 is 10.1 Å². The topological polar surface area (TPSA) is 75.7 Å². The van der Waals surface area contributed by atoms with Crippen molar-refractivity contribution < 1.29 is 22.3 Å². The van der Waals surface area contributed by atoms with Crippen molar-refractivity contribution in [2.45, 2.75) is 43.4 Å². The summed E-state index contributed by atoms with van der Waals surface area (Å²) in [7, 11) is -3.58. The highest BCUT2D eigenvalue weighted by atomic mass is 32.2. The van der Waals surface area contributed by atoms with Crippen molar-refractivity contribution in [1.82, 2.24) is 4.31 Å². The number of nitrogens with one attached hydrogen (secondary N) is 1. The van der Waals surface area contributed by atoms with Gasteiger partial charge in [0.25, 0.3) is 0 Å². The molecule has 2 aromatic rings. The Morgan fingerprint density at radius 1 is 1.00 bits per heavy atom. The second-order valence-electron chi connectivity index (χ2n) is 9.45. The highest BCUT2D eigenvalue weighted by molar-refractivity contribution is 7.89. The summed E-state index contributed by atoms with van der Waals surface area (Å²) in [6.07, 6.45) is 2.00. The molecule has 0 spiro atoms. The van der Waals surface area contributed by atoms with Gasteiger partial charge in [-0.2, -0.15) is 4.31 Å². The number of rotatable bonds is 5. The standard InChI is InChI=1S/C25H31FN2O4S/c1-18-15-19(2)17-28(16-18)33(30,31)23-9-7-22(8-10-23)27-24(29)25(11-13-32-14-12-25)20-3-5-21(26)6-4-20/h3-10,18-19H,11-17H2,1-2H3,(H,27,29). The second-order valence-corrected chi connectivity index (χ2v) is 11.4. The molecular formula is C25H31FN2O4S. The average Bonchev–Trinajstić information content (AvgIpc) is 2.79. The van der Waals surface area contributed by atoms with Crippen LogP contribution in [0.15, 0.2) is 53.4 Å². The van der Waals surface area contributed by atoms with Crippen LogP contribution in [0.5, 0.6) is 0 Å². The van der Waals surface area contributed by atoms with Crippen LogP contribution in [-0.2, 0) is 25.0 Å². The van der Waals surface area contributed by atoms with E-state index in [0.717, 1.165) is 12.0 Å². The Bertz CT molecular complexity index is 1070. The first-order valence-electron chi connectivity index (χ1n) is 11.5. The second kappa shape index (κ2) is 9.52. The normalized spacial score (nSPS) is 23.7. The summed E-state index contributed by atoms with van der Waals surface area (Å²) >= 11 is 0. The fourth-order valence-corrected chi connectivity index (χ4v) is 6.73. The number of carbonyl (C=O) groups is 1. The molecule has 1 amide bonds. The third kappa shape index (κ3) is 4.98. The third-order valence-electron chi connectivity index (χ3n) is 6.76. The van der Waals surface area contributed by atoms with Gasteiger partial charge in [0.2, 0.25) is 15.9 Å². The van der Waals surface area contributed by atoms with E-state index in [2.05, 4.69) is 19.2 Å². The summed E-state index contributed by atoms with van der Waals surface area (Å²) < 4.78 is 46.7. The summed E-state index contributed by atoms with van der Waals surface area (Å²) in [5.74, 6) is 0.0933. The van der Waals surface area contributed by atoms with Crippen molar-refractivity contribution in [3.8, 4) is 0 Å². The van der Waals surface area contributed by atoms with Gasteiger partial charge in [-0.15, -0.1) is 0 Å². The van der Waals surface area contributed by atoms with Gasteiger partial charge in [0, 0.05) is 32.0 Å². The molecule has 1 N–H and O–H groups in total. The molecule has 2 aromatic carbocycles. The van der Waals surface area contributed by atoms with E-state index in [1.807, 2.05) is 0 Å². The van der Waals surface area contributed by atoms with Gasteiger partial charge in [0.15, 0.2) is 0 Å². The molecule has 2 saturated heterocycles. The van der Waals surface area contributed by atoms with E-state index in [1.165, 1.54) is 12.1 Å². The smallest absolute Gasteiger partial charge is 0.243 e. The Balaban J connectivity index is 1.53. The quantitative estimate of drug-likeness (QED) is 0.706. The molecule has 0 aliphatic carbocycles. The number of sulfonamides is 1. The van der Waals surface area contributed by atoms with Gasteiger partial charge in [-0.1, -0.05) is 26.0 Å². The van der Waals surface area contributed by atoms with Gasteiger partial charge in [0.05, 0.1) is 10.3 Å². The fraction of sp³-hybridized carbons (Fsp3) is 0.480. The monoisotopic (exact) mass is 474 g/mol. The lowest BCUT2D eigenvalue weighted by Gasteiger charge is -2.36. The van der Waals surface area contributed by atoms with Gasteiger partial charge >= 0.3 is 0 Å². The molecule has 0 bridgehead atoms. The van der Waals surface area contributed by atoms with E-state index in [9.17, 15) is 17.6 Å². The fourth-order valence-electron chi connectivity index (χ4n) is 5.05. The molecule has 2 unspecified atom stereocenters. The highest BCUT2D eigenvalue weighted by Gasteiger charge is 2.42. The Morgan fingerprint density at radius 2 is 1.58 bits per heavy atom. The summed E-state index contributed by atoms with van der Waals surface area (Å²) in [5.41, 5.74) is 0.445. The molecule has 178 valence electrons. The first-order chi connectivity index (χ1) is 15.7. The van der Waals surface area contributed by atoms with E-state index in [1.54, 1.807) is 40.7 Å². The molecule has 33 heavy (non-hydrogen) atoms. The van der Waals surface area contributed by atoms with Crippen LogP contribution in [0.4, 0.5) is 10.1 Å². The first kappa shape index (κ1) is 23.9. The minimum Gasteiger partial charge on any atom is -0.381 e. The summed E-state index contributed by atoms with van der Waals surface area (Å²) in [6, 6.07) is 12.4.